The standard InChI is InChI=1S/C18H22N6O/c1-4-24(5-2)18-9-17(20-12-21-18)23-22-11-13-10-19-16-7-6-14(25-3)8-15(13)16/h6-12,19H,4-5H2,1-3H3,(H,20,21,23)/b22-11+. The second-order valence-corrected chi connectivity index (χ2v) is 5.46. The molecular weight excluding hydrogens is 316 g/mol. The number of aromatic nitrogens is 3. The lowest BCUT2D eigenvalue weighted by molar-refractivity contribution is 0.415. The molecule has 0 saturated heterocycles. The van der Waals surface area contributed by atoms with Gasteiger partial charge in [0.15, 0.2) is 5.82 Å². The van der Waals surface area contributed by atoms with Gasteiger partial charge in [0.1, 0.15) is 17.9 Å². The van der Waals surface area contributed by atoms with Crippen molar-refractivity contribution >= 4 is 28.8 Å². The quantitative estimate of drug-likeness (QED) is 0.511. The Labute approximate surface area is 146 Å². The van der Waals surface area contributed by atoms with Gasteiger partial charge >= 0.3 is 0 Å². The van der Waals surface area contributed by atoms with Gasteiger partial charge < -0.3 is 14.6 Å². The van der Waals surface area contributed by atoms with E-state index in [1.165, 1.54) is 0 Å². The van der Waals surface area contributed by atoms with Crippen molar-refractivity contribution in [1.29, 1.82) is 0 Å². The van der Waals surface area contributed by atoms with Crippen molar-refractivity contribution in [1.82, 2.24) is 15.0 Å². The largest absolute Gasteiger partial charge is 0.497 e. The fourth-order valence-electron chi connectivity index (χ4n) is 2.65. The zero-order valence-corrected chi connectivity index (χ0v) is 14.7. The first-order chi connectivity index (χ1) is 12.2. The molecule has 130 valence electrons. The molecule has 3 aromatic rings. The third kappa shape index (κ3) is 3.71. The third-order valence-electron chi connectivity index (χ3n) is 4.04. The van der Waals surface area contributed by atoms with Gasteiger partial charge in [-0.2, -0.15) is 5.10 Å². The predicted molar refractivity (Wildman–Crippen MR) is 102 cm³/mol. The summed E-state index contributed by atoms with van der Waals surface area (Å²) in [5.74, 6) is 2.36. The van der Waals surface area contributed by atoms with Crippen LogP contribution in [0.2, 0.25) is 0 Å². The van der Waals surface area contributed by atoms with Crippen LogP contribution in [0, 0.1) is 0 Å². The Morgan fingerprint density at radius 2 is 2.08 bits per heavy atom. The van der Waals surface area contributed by atoms with Gasteiger partial charge in [0.05, 0.1) is 13.3 Å². The van der Waals surface area contributed by atoms with E-state index in [1.54, 1.807) is 19.7 Å². The molecular formula is C18H22N6O. The number of anilines is 2. The van der Waals surface area contributed by atoms with E-state index in [2.05, 4.69) is 44.2 Å². The van der Waals surface area contributed by atoms with Crippen molar-refractivity contribution in [3.8, 4) is 5.75 Å². The summed E-state index contributed by atoms with van der Waals surface area (Å²) < 4.78 is 5.28. The Morgan fingerprint density at radius 1 is 1.24 bits per heavy atom. The highest BCUT2D eigenvalue weighted by atomic mass is 16.5. The minimum Gasteiger partial charge on any atom is -0.497 e. The second kappa shape index (κ2) is 7.65. The number of hydrazone groups is 1. The van der Waals surface area contributed by atoms with Crippen LogP contribution in [-0.2, 0) is 0 Å². The molecule has 0 bridgehead atoms. The SMILES string of the molecule is CCN(CC)c1cc(N/N=C/c2c[nH]c3ccc(OC)cc23)ncn1. The van der Waals surface area contributed by atoms with Gasteiger partial charge in [-0.15, -0.1) is 0 Å². The molecule has 0 amide bonds. The van der Waals surface area contributed by atoms with Crippen LogP contribution in [0.1, 0.15) is 19.4 Å². The van der Waals surface area contributed by atoms with Crippen molar-refractivity contribution in [2.75, 3.05) is 30.5 Å². The van der Waals surface area contributed by atoms with E-state index in [0.29, 0.717) is 5.82 Å². The molecule has 0 fully saturated rings. The number of nitrogens with one attached hydrogen (secondary N) is 2. The molecule has 7 heteroatoms. The maximum Gasteiger partial charge on any atom is 0.151 e. The minimum atomic E-state index is 0.658. The van der Waals surface area contributed by atoms with Crippen LogP contribution in [-0.4, -0.2) is 41.4 Å². The second-order valence-electron chi connectivity index (χ2n) is 5.46. The van der Waals surface area contributed by atoms with Crippen molar-refractivity contribution < 1.29 is 4.74 Å². The molecule has 2 aromatic heterocycles. The molecule has 2 N–H and O–H groups in total. The summed E-state index contributed by atoms with van der Waals surface area (Å²) >= 11 is 0. The number of hydrogen-bond acceptors (Lipinski definition) is 6. The summed E-state index contributed by atoms with van der Waals surface area (Å²) in [6.07, 6.45) is 5.22. The lowest BCUT2D eigenvalue weighted by Crippen LogP contribution is -2.23. The smallest absolute Gasteiger partial charge is 0.151 e. The number of rotatable bonds is 7. The molecule has 0 aliphatic carbocycles. The topological polar surface area (TPSA) is 78.4 Å². The third-order valence-corrected chi connectivity index (χ3v) is 4.04. The minimum absolute atomic E-state index is 0.658. The zero-order chi connectivity index (χ0) is 17.6. The van der Waals surface area contributed by atoms with Gasteiger partial charge in [-0.1, -0.05) is 0 Å². The number of benzene rings is 1. The van der Waals surface area contributed by atoms with Gasteiger partial charge in [-0.3, -0.25) is 5.43 Å². The summed E-state index contributed by atoms with van der Waals surface area (Å²) in [7, 11) is 1.66. The average Bonchev–Trinajstić information content (AvgIpc) is 3.05. The molecule has 7 nitrogen and oxygen atoms in total. The first-order valence-electron chi connectivity index (χ1n) is 8.26. The number of fused-ring (bicyclic) bond motifs is 1. The molecule has 0 atom stereocenters. The first kappa shape index (κ1) is 16.8. The predicted octanol–water partition coefficient (Wildman–Crippen LogP) is 3.26. The number of ether oxygens (including phenoxy) is 1. The van der Waals surface area contributed by atoms with E-state index in [9.17, 15) is 0 Å². The van der Waals surface area contributed by atoms with E-state index in [-0.39, 0.29) is 0 Å². The Morgan fingerprint density at radius 3 is 2.84 bits per heavy atom. The number of aromatic amines is 1. The van der Waals surface area contributed by atoms with E-state index in [4.69, 9.17) is 4.74 Å². The van der Waals surface area contributed by atoms with Gasteiger partial charge in [0, 0.05) is 41.8 Å². The molecule has 0 aliphatic heterocycles. The van der Waals surface area contributed by atoms with Crippen molar-refractivity contribution in [2.24, 2.45) is 5.10 Å². The molecule has 0 spiro atoms. The fourth-order valence-corrected chi connectivity index (χ4v) is 2.65. The Bertz CT molecular complexity index is 869. The monoisotopic (exact) mass is 338 g/mol. The summed E-state index contributed by atoms with van der Waals surface area (Å²) in [5.41, 5.74) is 4.97. The molecule has 2 heterocycles. The van der Waals surface area contributed by atoms with Crippen LogP contribution in [0.25, 0.3) is 10.9 Å². The summed E-state index contributed by atoms with van der Waals surface area (Å²) in [6, 6.07) is 7.78. The number of methoxy groups -OCH3 is 1. The van der Waals surface area contributed by atoms with Crippen LogP contribution in [0.3, 0.4) is 0 Å². The van der Waals surface area contributed by atoms with Gasteiger partial charge in [-0.25, -0.2) is 9.97 Å². The Kier molecular flexibility index (Phi) is 5.13. The van der Waals surface area contributed by atoms with Crippen LogP contribution in [0.4, 0.5) is 11.6 Å². The highest BCUT2D eigenvalue weighted by Gasteiger charge is 2.05. The van der Waals surface area contributed by atoms with Gasteiger partial charge in [-0.05, 0) is 32.0 Å². The maximum atomic E-state index is 5.28. The van der Waals surface area contributed by atoms with Crippen LogP contribution < -0.4 is 15.1 Å². The van der Waals surface area contributed by atoms with Crippen molar-refractivity contribution in [3.05, 3.63) is 42.4 Å². The summed E-state index contributed by atoms with van der Waals surface area (Å²) in [5, 5.41) is 5.35. The first-order valence-corrected chi connectivity index (χ1v) is 8.26. The molecule has 1 aromatic carbocycles. The highest BCUT2D eigenvalue weighted by molar-refractivity contribution is 5.99. The normalized spacial score (nSPS) is 11.2. The van der Waals surface area contributed by atoms with E-state index in [0.717, 1.165) is 41.1 Å². The average molecular weight is 338 g/mol. The molecule has 25 heavy (non-hydrogen) atoms. The van der Waals surface area contributed by atoms with Crippen molar-refractivity contribution in [2.45, 2.75) is 13.8 Å². The van der Waals surface area contributed by atoms with Gasteiger partial charge in [0.25, 0.3) is 0 Å². The van der Waals surface area contributed by atoms with E-state index < -0.39 is 0 Å². The molecule has 3 rings (SSSR count). The number of hydrogen-bond donors (Lipinski definition) is 2. The Balaban J connectivity index is 1.76. The molecule has 0 radical (unpaired) electrons. The summed E-state index contributed by atoms with van der Waals surface area (Å²) in [6.45, 7) is 5.99. The van der Waals surface area contributed by atoms with Crippen molar-refractivity contribution in [3.63, 3.8) is 0 Å². The number of nitrogens with zero attached hydrogens (tertiary/aromatic N) is 4. The maximum absolute atomic E-state index is 5.28. The van der Waals surface area contributed by atoms with E-state index >= 15 is 0 Å². The molecule has 0 unspecified atom stereocenters. The zero-order valence-electron chi connectivity index (χ0n) is 14.7. The lowest BCUT2D eigenvalue weighted by Gasteiger charge is -2.19. The Hall–Kier alpha value is -3.09. The van der Waals surface area contributed by atoms with Gasteiger partial charge in [0.2, 0.25) is 0 Å². The lowest BCUT2D eigenvalue weighted by atomic mass is 10.2. The summed E-state index contributed by atoms with van der Waals surface area (Å²) in [4.78, 5) is 13.9. The van der Waals surface area contributed by atoms with Crippen LogP contribution in [0.15, 0.2) is 41.9 Å². The highest BCUT2D eigenvalue weighted by Crippen LogP contribution is 2.22. The van der Waals surface area contributed by atoms with Crippen LogP contribution >= 0.6 is 0 Å². The van der Waals surface area contributed by atoms with Crippen LogP contribution in [0.5, 0.6) is 5.75 Å². The fraction of sp³-hybridized carbons (Fsp3) is 0.278. The van der Waals surface area contributed by atoms with E-state index in [1.807, 2.05) is 30.5 Å². The molecule has 0 aliphatic rings. The molecule has 0 saturated carbocycles. The number of H-pyrrole nitrogens is 1.